The number of nitrogens with zero attached hydrogens (tertiary/aromatic N) is 2. The van der Waals surface area contributed by atoms with Crippen LogP contribution in [0.5, 0.6) is 11.5 Å². The summed E-state index contributed by atoms with van der Waals surface area (Å²) in [5.41, 5.74) is 0.935. The van der Waals surface area contributed by atoms with Crippen LogP contribution in [-0.4, -0.2) is 28.9 Å². The van der Waals surface area contributed by atoms with E-state index in [1.54, 1.807) is 18.4 Å². The van der Waals surface area contributed by atoms with Gasteiger partial charge in [0.05, 0.1) is 19.3 Å². The van der Waals surface area contributed by atoms with E-state index >= 15 is 0 Å². The molecule has 1 heterocycles. The monoisotopic (exact) mass is 360 g/mol. The molecule has 0 bridgehead atoms. The van der Waals surface area contributed by atoms with Gasteiger partial charge in [-0.05, 0) is 25.0 Å². The molecule has 2 aromatic rings. The maximum Gasteiger partial charge on any atom is 0.225 e. The van der Waals surface area contributed by atoms with Gasteiger partial charge in [-0.15, -0.1) is 11.3 Å². The molecule has 1 aromatic heterocycles. The molecular weight excluding hydrogens is 336 g/mol. The third-order valence-corrected chi connectivity index (χ3v) is 4.99. The molecular formula is C19H24N2O3S. The summed E-state index contributed by atoms with van der Waals surface area (Å²) in [7, 11) is 1.63. The van der Waals surface area contributed by atoms with E-state index in [0.29, 0.717) is 30.7 Å². The second-order valence-electron chi connectivity index (χ2n) is 6.52. The van der Waals surface area contributed by atoms with Crippen molar-refractivity contribution in [3.63, 3.8) is 0 Å². The molecule has 134 valence electrons. The van der Waals surface area contributed by atoms with Gasteiger partial charge >= 0.3 is 0 Å². The Hall–Kier alpha value is -2.08. The normalized spacial score (nSPS) is 13.8. The van der Waals surface area contributed by atoms with Crippen molar-refractivity contribution < 1.29 is 14.3 Å². The van der Waals surface area contributed by atoms with Gasteiger partial charge in [0.25, 0.3) is 0 Å². The number of thiazole rings is 1. The molecule has 0 aliphatic heterocycles. The van der Waals surface area contributed by atoms with E-state index in [0.717, 1.165) is 23.5 Å². The van der Waals surface area contributed by atoms with E-state index in [-0.39, 0.29) is 11.8 Å². The van der Waals surface area contributed by atoms with Gasteiger partial charge in [0.2, 0.25) is 5.91 Å². The molecule has 25 heavy (non-hydrogen) atoms. The highest BCUT2D eigenvalue weighted by atomic mass is 32.1. The zero-order valence-electron chi connectivity index (χ0n) is 14.9. The minimum absolute atomic E-state index is 0.0209. The molecule has 3 rings (SSSR count). The number of aromatic nitrogens is 1. The van der Waals surface area contributed by atoms with Crippen LogP contribution in [0.3, 0.4) is 0 Å². The van der Waals surface area contributed by atoms with E-state index in [1.807, 2.05) is 48.4 Å². The largest absolute Gasteiger partial charge is 0.493 e. The summed E-state index contributed by atoms with van der Waals surface area (Å²) in [5.74, 6) is 1.65. The zero-order valence-corrected chi connectivity index (χ0v) is 15.7. The maximum atomic E-state index is 12.4. The maximum absolute atomic E-state index is 12.4. The molecule has 0 saturated heterocycles. The highest BCUT2D eigenvalue weighted by molar-refractivity contribution is 7.09. The van der Waals surface area contributed by atoms with E-state index in [9.17, 15) is 4.79 Å². The lowest BCUT2D eigenvalue weighted by Gasteiger charge is -2.23. The second kappa shape index (κ2) is 7.87. The average molecular weight is 360 g/mol. The van der Waals surface area contributed by atoms with Crippen LogP contribution in [-0.2, 0) is 17.9 Å². The summed E-state index contributed by atoms with van der Waals surface area (Å²) >= 11 is 1.56. The number of rotatable bonds is 8. The Kier molecular flexibility index (Phi) is 5.58. The van der Waals surface area contributed by atoms with E-state index < -0.39 is 0 Å². The quantitative estimate of drug-likeness (QED) is 0.717. The molecule has 1 aliphatic rings. The number of ether oxygens (including phenoxy) is 2. The fourth-order valence-corrected chi connectivity index (χ4v) is 3.34. The Bertz CT molecular complexity index is 725. The predicted molar refractivity (Wildman–Crippen MR) is 97.9 cm³/mol. The van der Waals surface area contributed by atoms with Gasteiger partial charge in [0.1, 0.15) is 11.6 Å². The third-order valence-electron chi connectivity index (χ3n) is 4.12. The molecule has 0 radical (unpaired) electrons. The lowest BCUT2D eigenvalue weighted by atomic mass is 10.2. The number of hydrogen-bond donors (Lipinski definition) is 0. The van der Waals surface area contributed by atoms with E-state index in [4.69, 9.17) is 9.47 Å². The first-order chi connectivity index (χ1) is 12.1. The summed E-state index contributed by atoms with van der Waals surface area (Å²) in [5, 5.41) is 2.91. The summed E-state index contributed by atoms with van der Waals surface area (Å²) in [6.45, 7) is 4.88. The van der Waals surface area contributed by atoms with Gasteiger partial charge in [-0.3, -0.25) is 4.79 Å². The molecule has 1 saturated carbocycles. The van der Waals surface area contributed by atoms with Gasteiger partial charge in [-0.2, -0.15) is 0 Å². The van der Waals surface area contributed by atoms with Crippen molar-refractivity contribution in [3.8, 4) is 11.5 Å². The SMILES string of the molecule is COc1ccccc1OCc1nc(CN(C(=O)C(C)C)C2CC2)cs1. The molecule has 1 aromatic carbocycles. The van der Waals surface area contributed by atoms with Gasteiger partial charge in [0, 0.05) is 17.3 Å². The number of carbonyl (C=O) groups is 1. The van der Waals surface area contributed by atoms with Gasteiger partial charge < -0.3 is 14.4 Å². The number of methoxy groups -OCH3 is 1. The van der Waals surface area contributed by atoms with Crippen molar-refractivity contribution in [2.75, 3.05) is 7.11 Å². The van der Waals surface area contributed by atoms with Gasteiger partial charge in [-0.1, -0.05) is 26.0 Å². The van der Waals surface area contributed by atoms with Gasteiger partial charge in [0.15, 0.2) is 11.5 Å². The lowest BCUT2D eigenvalue weighted by molar-refractivity contribution is -0.135. The summed E-state index contributed by atoms with van der Waals surface area (Å²) < 4.78 is 11.1. The van der Waals surface area contributed by atoms with Gasteiger partial charge in [-0.25, -0.2) is 4.98 Å². The van der Waals surface area contributed by atoms with Crippen LogP contribution in [0.25, 0.3) is 0 Å². The Morgan fingerprint density at radius 3 is 2.68 bits per heavy atom. The molecule has 1 aliphatic carbocycles. The smallest absolute Gasteiger partial charge is 0.225 e. The average Bonchev–Trinajstić information content (AvgIpc) is 3.36. The fourth-order valence-electron chi connectivity index (χ4n) is 2.64. The molecule has 0 unspecified atom stereocenters. The molecule has 0 spiro atoms. The van der Waals surface area contributed by atoms with Crippen LogP contribution < -0.4 is 9.47 Å². The molecule has 1 fully saturated rings. The Morgan fingerprint density at radius 2 is 2.04 bits per heavy atom. The fraction of sp³-hybridized carbons (Fsp3) is 0.474. The van der Waals surface area contributed by atoms with Crippen molar-refractivity contribution >= 4 is 17.2 Å². The van der Waals surface area contributed by atoms with Crippen molar-refractivity contribution in [3.05, 3.63) is 40.3 Å². The standard InChI is InChI=1S/C19H24N2O3S/c1-13(2)19(22)21(15-8-9-15)10-14-12-25-18(20-14)11-24-17-7-5-4-6-16(17)23-3/h4-7,12-13,15H,8-11H2,1-3H3. The number of benzene rings is 1. The van der Waals surface area contributed by atoms with Crippen LogP contribution >= 0.6 is 11.3 Å². The molecule has 0 N–H and O–H groups in total. The molecule has 1 amide bonds. The van der Waals surface area contributed by atoms with Crippen molar-refractivity contribution in [2.24, 2.45) is 5.92 Å². The minimum atomic E-state index is 0.0209. The lowest BCUT2D eigenvalue weighted by Crippen LogP contribution is -2.35. The molecule has 0 atom stereocenters. The van der Waals surface area contributed by atoms with Crippen molar-refractivity contribution in [1.29, 1.82) is 0 Å². The number of hydrogen-bond acceptors (Lipinski definition) is 5. The third kappa shape index (κ3) is 4.51. The van der Waals surface area contributed by atoms with Crippen LogP contribution in [0.15, 0.2) is 29.6 Å². The van der Waals surface area contributed by atoms with E-state index in [1.165, 1.54) is 0 Å². The summed E-state index contributed by atoms with van der Waals surface area (Å²) in [4.78, 5) is 19.0. The second-order valence-corrected chi connectivity index (χ2v) is 7.47. The van der Waals surface area contributed by atoms with Crippen molar-refractivity contribution in [2.45, 2.75) is 45.9 Å². The summed E-state index contributed by atoms with van der Waals surface area (Å²) in [6, 6.07) is 7.96. The first kappa shape index (κ1) is 17.7. The van der Waals surface area contributed by atoms with Crippen LogP contribution in [0.1, 0.15) is 37.4 Å². The Balaban J connectivity index is 1.61. The number of amides is 1. The first-order valence-electron chi connectivity index (χ1n) is 8.58. The topological polar surface area (TPSA) is 51.7 Å². The van der Waals surface area contributed by atoms with Crippen LogP contribution in [0, 0.1) is 5.92 Å². The molecule has 5 nitrogen and oxygen atoms in total. The van der Waals surface area contributed by atoms with Crippen LogP contribution in [0.2, 0.25) is 0 Å². The molecule has 6 heteroatoms. The summed E-state index contributed by atoms with van der Waals surface area (Å²) in [6.07, 6.45) is 2.21. The Morgan fingerprint density at radius 1 is 1.32 bits per heavy atom. The highest BCUT2D eigenvalue weighted by Gasteiger charge is 2.33. The first-order valence-corrected chi connectivity index (χ1v) is 9.46. The predicted octanol–water partition coefficient (Wildman–Crippen LogP) is 3.88. The minimum Gasteiger partial charge on any atom is -0.493 e. The van der Waals surface area contributed by atoms with E-state index in [2.05, 4.69) is 4.98 Å². The zero-order chi connectivity index (χ0) is 17.8. The van der Waals surface area contributed by atoms with Crippen LogP contribution in [0.4, 0.5) is 0 Å². The highest BCUT2D eigenvalue weighted by Crippen LogP contribution is 2.30. The number of carbonyl (C=O) groups excluding carboxylic acids is 1. The number of para-hydroxylation sites is 2. The van der Waals surface area contributed by atoms with Crippen molar-refractivity contribution in [1.82, 2.24) is 9.88 Å². The Labute approximate surface area is 152 Å².